The Hall–Kier alpha value is -1.51. The van der Waals surface area contributed by atoms with Crippen molar-refractivity contribution >= 4 is 11.9 Å². The number of nitrogens with zero attached hydrogens (tertiary/aromatic N) is 2. The van der Waals surface area contributed by atoms with Gasteiger partial charge < -0.3 is 10.3 Å². The van der Waals surface area contributed by atoms with Crippen molar-refractivity contribution < 1.29 is 0 Å². The van der Waals surface area contributed by atoms with Gasteiger partial charge >= 0.3 is 0 Å². The Morgan fingerprint density at radius 2 is 2.33 bits per heavy atom. The summed E-state index contributed by atoms with van der Waals surface area (Å²) in [5, 5.41) is 0. The molecule has 0 saturated heterocycles. The average molecular weight is 163 g/mol. The van der Waals surface area contributed by atoms with E-state index >= 15 is 0 Å². The second-order valence-corrected chi connectivity index (χ2v) is 2.59. The molecule has 0 amide bonds. The third-order valence-electron chi connectivity index (χ3n) is 1.68. The highest BCUT2D eigenvalue weighted by atomic mass is 15.0. The summed E-state index contributed by atoms with van der Waals surface area (Å²) in [5.41, 5.74) is 8.31. The summed E-state index contributed by atoms with van der Waals surface area (Å²) in [5.74, 6) is 0. The van der Waals surface area contributed by atoms with Crippen LogP contribution < -0.4 is 11.2 Å². The second-order valence-electron chi connectivity index (χ2n) is 2.59. The maximum absolute atomic E-state index is 5.65. The molecule has 64 valence electrons. The highest BCUT2D eigenvalue weighted by molar-refractivity contribution is 5.40. The van der Waals surface area contributed by atoms with Crippen LogP contribution in [-0.4, -0.2) is 11.6 Å². The van der Waals surface area contributed by atoms with Crippen molar-refractivity contribution in [3.05, 3.63) is 29.9 Å². The maximum atomic E-state index is 5.65. The Balaban J connectivity index is 3.56. The van der Waals surface area contributed by atoms with Crippen LogP contribution >= 0.6 is 0 Å². The van der Waals surface area contributed by atoms with Gasteiger partial charge in [-0.15, -0.1) is 0 Å². The van der Waals surface area contributed by atoms with Gasteiger partial charge in [-0.3, -0.25) is 4.99 Å². The van der Waals surface area contributed by atoms with E-state index in [2.05, 4.69) is 11.6 Å². The molecule has 1 aromatic rings. The van der Waals surface area contributed by atoms with Crippen LogP contribution in [0.1, 0.15) is 5.56 Å². The van der Waals surface area contributed by atoms with Gasteiger partial charge in [0.2, 0.25) is 0 Å². The maximum Gasteiger partial charge on any atom is 0.134 e. The quantitative estimate of drug-likeness (QED) is 0.659. The van der Waals surface area contributed by atoms with E-state index in [1.165, 1.54) is 0 Å². The molecule has 0 saturated carbocycles. The zero-order valence-electron chi connectivity index (χ0n) is 7.41. The summed E-state index contributed by atoms with van der Waals surface area (Å²) in [4.78, 5) is 4.12. The van der Waals surface area contributed by atoms with E-state index in [-0.39, 0.29) is 0 Å². The molecule has 1 rings (SSSR count). The zero-order chi connectivity index (χ0) is 9.14. The molecular weight excluding hydrogens is 150 g/mol. The number of hydrogen-bond donors (Lipinski definition) is 1. The molecule has 0 aliphatic rings. The lowest BCUT2D eigenvalue weighted by molar-refractivity contribution is 0.970. The van der Waals surface area contributed by atoms with Crippen molar-refractivity contribution in [3.8, 4) is 0 Å². The Labute approximate surface area is 71.9 Å². The zero-order valence-corrected chi connectivity index (χ0v) is 7.41. The van der Waals surface area contributed by atoms with Crippen LogP contribution in [0.2, 0.25) is 0 Å². The fourth-order valence-electron chi connectivity index (χ4n) is 1.21. The largest absolute Gasteiger partial charge is 0.398 e. The Kier molecular flexibility index (Phi) is 2.33. The average Bonchev–Trinajstić information content (AvgIpc) is 2.03. The normalized spacial score (nSPS) is 11.7. The molecule has 0 spiro atoms. The lowest BCUT2D eigenvalue weighted by Gasteiger charge is -2.04. The summed E-state index contributed by atoms with van der Waals surface area (Å²) in [6, 6.07) is 1.89. The van der Waals surface area contributed by atoms with Gasteiger partial charge in [0, 0.05) is 25.1 Å². The van der Waals surface area contributed by atoms with E-state index in [4.69, 9.17) is 5.73 Å². The van der Waals surface area contributed by atoms with E-state index in [1.54, 1.807) is 19.4 Å². The third kappa shape index (κ3) is 1.39. The first-order chi connectivity index (χ1) is 5.69. The van der Waals surface area contributed by atoms with Gasteiger partial charge in [0.15, 0.2) is 0 Å². The third-order valence-corrected chi connectivity index (χ3v) is 1.68. The fourth-order valence-corrected chi connectivity index (χ4v) is 1.21. The molecule has 1 heterocycles. The van der Waals surface area contributed by atoms with Crippen LogP contribution in [0.4, 0.5) is 5.69 Å². The first-order valence-corrected chi connectivity index (χ1v) is 3.72. The van der Waals surface area contributed by atoms with E-state index < -0.39 is 0 Å². The SMILES string of the molecule is C=Cn1cc(N)cc(C)c1=NC. The number of pyridine rings is 1. The van der Waals surface area contributed by atoms with Crippen molar-refractivity contribution in [1.29, 1.82) is 0 Å². The minimum atomic E-state index is 0.722. The molecule has 1 aromatic heterocycles. The Bertz CT molecular complexity index is 361. The molecule has 0 atom stereocenters. The summed E-state index contributed by atoms with van der Waals surface area (Å²) in [6.07, 6.45) is 3.48. The highest BCUT2D eigenvalue weighted by Gasteiger charge is 1.94. The van der Waals surface area contributed by atoms with Gasteiger partial charge in [0.25, 0.3) is 0 Å². The molecule has 0 unspecified atom stereocenters. The first kappa shape index (κ1) is 8.59. The van der Waals surface area contributed by atoms with Gasteiger partial charge in [-0.1, -0.05) is 6.58 Å². The topological polar surface area (TPSA) is 43.3 Å². The van der Waals surface area contributed by atoms with Crippen molar-refractivity contribution in [2.75, 3.05) is 12.8 Å². The Morgan fingerprint density at radius 1 is 1.67 bits per heavy atom. The predicted octanol–water partition coefficient (Wildman–Crippen LogP) is 1.01. The van der Waals surface area contributed by atoms with Crippen LogP contribution in [0.15, 0.2) is 23.8 Å². The highest BCUT2D eigenvalue weighted by Crippen LogP contribution is 2.00. The van der Waals surface area contributed by atoms with Crippen molar-refractivity contribution in [1.82, 2.24) is 4.57 Å². The smallest absolute Gasteiger partial charge is 0.134 e. The molecule has 3 nitrogen and oxygen atoms in total. The number of nitrogen functional groups attached to an aromatic ring is 1. The molecule has 0 radical (unpaired) electrons. The number of rotatable bonds is 1. The molecule has 0 bridgehead atoms. The van der Waals surface area contributed by atoms with Gasteiger partial charge in [0.1, 0.15) is 5.49 Å². The molecule has 12 heavy (non-hydrogen) atoms. The molecule has 0 aromatic carbocycles. The van der Waals surface area contributed by atoms with Crippen LogP contribution in [0.5, 0.6) is 0 Å². The number of nitrogens with two attached hydrogens (primary N) is 1. The van der Waals surface area contributed by atoms with E-state index in [0.29, 0.717) is 0 Å². The molecule has 2 N–H and O–H groups in total. The van der Waals surface area contributed by atoms with Crippen LogP contribution in [-0.2, 0) is 0 Å². The molecular formula is C9H13N3. The Morgan fingerprint density at radius 3 is 2.83 bits per heavy atom. The molecule has 0 aliphatic heterocycles. The number of aromatic nitrogens is 1. The lowest BCUT2D eigenvalue weighted by Crippen LogP contribution is -2.19. The summed E-state index contributed by atoms with van der Waals surface area (Å²) in [7, 11) is 1.75. The van der Waals surface area contributed by atoms with Gasteiger partial charge in [0.05, 0.1) is 0 Å². The summed E-state index contributed by atoms with van der Waals surface area (Å²) >= 11 is 0. The van der Waals surface area contributed by atoms with Gasteiger partial charge in [-0.25, -0.2) is 0 Å². The van der Waals surface area contributed by atoms with Gasteiger partial charge in [-0.05, 0) is 18.6 Å². The molecule has 0 fully saturated rings. The monoisotopic (exact) mass is 163 g/mol. The number of anilines is 1. The number of hydrogen-bond acceptors (Lipinski definition) is 2. The summed E-state index contributed by atoms with van der Waals surface area (Å²) < 4.78 is 1.81. The van der Waals surface area contributed by atoms with Crippen LogP contribution in [0.25, 0.3) is 6.20 Å². The van der Waals surface area contributed by atoms with Crippen molar-refractivity contribution in [2.45, 2.75) is 6.92 Å². The van der Waals surface area contributed by atoms with Crippen molar-refractivity contribution in [3.63, 3.8) is 0 Å². The standard InChI is InChI=1S/C9H13N3/c1-4-12-6-8(10)5-7(2)9(12)11-3/h4-6H,1,10H2,2-3H3. The lowest BCUT2D eigenvalue weighted by atomic mass is 10.3. The second kappa shape index (κ2) is 3.26. The first-order valence-electron chi connectivity index (χ1n) is 3.72. The minimum Gasteiger partial charge on any atom is -0.398 e. The minimum absolute atomic E-state index is 0.722. The summed E-state index contributed by atoms with van der Waals surface area (Å²) in [6.45, 7) is 5.64. The van der Waals surface area contributed by atoms with Crippen LogP contribution in [0.3, 0.4) is 0 Å². The number of aryl methyl sites for hydroxylation is 1. The van der Waals surface area contributed by atoms with Crippen molar-refractivity contribution in [2.24, 2.45) is 4.99 Å². The van der Waals surface area contributed by atoms with Gasteiger partial charge in [-0.2, -0.15) is 0 Å². The van der Waals surface area contributed by atoms with Crippen LogP contribution in [0, 0.1) is 6.92 Å². The molecule has 3 heteroatoms. The van der Waals surface area contributed by atoms with E-state index in [0.717, 1.165) is 16.7 Å². The van der Waals surface area contributed by atoms with E-state index in [9.17, 15) is 0 Å². The fraction of sp³-hybridized carbons (Fsp3) is 0.222. The molecule has 0 aliphatic carbocycles. The van der Waals surface area contributed by atoms with E-state index in [1.807, 2.05) is 17.6 Å². The predicted molar refractivity (Wildman–Crippen MR) is 51.5 cm³/mol.